The maximum absolute atomic E-state index is 12.1. The van der Waals surface area contributed by atoms with E-state index in [2.05, 4.69) is 13.8 Å². The Morgan fingerprint density at radius 2 is 2.00 bits per heavy atom. The predicted octanol–water partition coefficient (Wildman–Crippen LogP) is 0.312. The van der Waals surface area contributed by atoms with E-state index in [9.17, 15) is 13.2 Å². The van der Waals surface area contributed by atoms with Gasteiger partial charge in [-0.3, -0.25) is 4.79 Å². The van der Waals surface area contributed by atoms with Crippen LogP contribution in [0.5, 0.6) is 0 Å². The Kier molecular flexibility index (Phi) is 2.98. The number of carbonyl (C=O) groups is 1. The topological polar surface area (TPSA) is 80.5 Å². The van der Waals surface area contributed by atoms with Crippen molar-refractivity contribution < 1.29 is 13.2 Å². The molecule has 0 aromatic heterocycles. The Balaban J connectivity index is 2.01. The first-order valence-electron chi connectivity index (χ1n) is 6.02. The smallest absolute Gasteiger partial charge is 0.226 e. The molecular formula is C11H20N2O3S. The van der Waals surface area contributed by atoms with Gasteiger partial charge in [-0.1, -0.05) is 13.8 Å². The van der Waals surface area contributed by atoms with Crippen LogP contribution in [0.3, 0.4) is 0 Å². The number of carbonyl (C=O) groups excluding carboxylic acids is 1. The van der Waals surface area contributed by atoms with E-state index in [-0.39, 0.29) is 23.8 Å². The van der Waals surface area contributed by atoms with E-state index in [0.717, 1.165) is 12.8 Å². The fourth-order valence-electron chi connectivity index (χ4n) is 2.52. The number of amides is 1. The van der Waals surface area contributed by atoms with Crippen molar-refractivity contribution >= 4 is 15.9 Å². The molecule has 0 aromatic rings. The van der Waals surface area contributed by atoms with Crippen LogP contribution in [0.25, 0.3) is 0 Å². The van der Waals surface area contributed by atoms with Crippen molar-refractivity contribution in [1.29, 1.82) is 0 Å². The lowest BCUT2D eigenvalue weighted by Gasteiger charge is -2.32. The van der Waals surface area contributed by atoms with Crippen molar-refractivity contribution in [3.05, 3.63) is 0 Å². The normalized spacial score (nSPS) is 32.3. The molecule has 5 nitrogen and oxygen atoms in total. The summed E-state index contributed by atoms with van der Waals surface area (Å²) in [7, 11) is -3.52. The van der Waals surface area contributed by atoms with Crippen LogP contribution in [0.1, 0.15) is 33.1 Å². The van der Waals surface area contributed by atoms with E-state index in [4.69, 9.17) is 5.14 Å². The van der Waals surface area contributed by atoms with Crippen LogP contribution in [0, 0.1) is 11.3 Å². The molecule has 1 aliphatic heterocycles. The number of hydrogen-bond donors (Lipinski definition) is 1. The van der Waals surface area contributed by atoms with Gasteiger partial charge < -0.3 is 4.90 Å². The van der Waals surface area contributed by atoms with Gasteiger partial charge in [-0.05, 0) is 24.7 Å². The molecule has 2 fully saturated rings. The van der Waals surface area contributed by atoms with E-state index in [0.29, 0.717) is 13.0 Å². The van der Waals surface area contributed by atoms with E-state index in [1.165, 1.54) is 0 Å². The van der Waals surface area contributed by atoms with Crippen molar-refractivity contribution in [3.8, 4) is 0 Å². The lowest BCUT2D eigenvalue weighted by Crippen LogP contribution is -2.47. The quantitative estimate of drug-likeness (QED) is 0.776. The molecule has 1 saturated carbocycles. The summed E-state index contributed by atoms with van der Waals surface area (Å²) in [5.41, 5.74) is 0.0889. The second-order valence-corrected chi connectivity index (χ2v) is 7.73. The molecule has 2 rings (SSSR count). The minimum atomic E-state index is -3.52. The minimum Gasteiger partial charge on any atom is -0.341 e. The molecule has 1 aliphatic carbocycles. The van der Waals surface area contributed by atoms with Gasteiger partial charge in [-0.15, -0.1) is 0 Å². The van der Waals surface area contributed by atoms with Crippen molar-refractivity contribution in [3.63, 3.8) is 0 Å². The molecule has 98 valence electrons. The third-order valence-corrected chi connectivity index (χ3v) is 5.28. The zero-order valence-electron chi connectivity index (χ0n) is 10.3. The second kappa shape index (κ2) is 3.95. The molecule has 2 atom stereocenters. The lowest BCUT2D eigenvalue weighted by atomic mass is 10.1. The third-order valence-electron chi connectivity index (χ3n) is 3.97. The SMILES string of the molecule is CC1(C)CC1C(=O)N1CCCC(S(N)(=O)=O)C1. The highest BCUT2D eigenvalue weighted by Crippen LogP contribution is 2.52. The van der Waals surface area contributed by atoms with Gasteiger partial charge in [0, 0.05) is 19.0 Å². The zero-order valence-corrected chi connectivity index (χ0v) is 11.2. The molecule has 6 heteroatoms. The van der Waals surface area contributed by atoms with Crippen LogP contribution in [0.4, 0.5) is 0 Å². The maximum Gasteiger partial charge on any atom is 0.226 e. The number of piperidine rings is 1. The maximum atomic E-state index is 12.1. The average molecular weight is 260 g/mol. The number of sulfonamides is 1. The Labute approximate surface area is 102 Å². The molecule has 2 unspecified atom stereocenters. The van der Waals surface area contributed by atoms with Gasteiger partial charge in [0.25, 0.3) is 0 Å². The second-order valence-electron chi connectivity index (χ2n) is 5.88. The lowest BCUT2D eigenvalue weighted by molar-refractivity contribution is -0.134. The molecule has 0 aromatic carbocycles. The highest BCUT2D eigenvalue weighted by molar-refractivity contribution is 7.89. The fraction of sp³-hybridized carbons (Fsp3) is 0.909. The van der Waals surface area contributed by atoms with Gasteiger partial charge >= 0.3 is 0 Å². The molecule has 0 radical (unpaired) electrons. The Bertz CT molecular complexity index is 430. The van der Waals surface area contributed by atoms with Gasteiger partial charge in [0.05, 0.1) is 5.25 Å². The standard InChI is InChI=1S/C11H20N2O3S/c1-11(2)6-9(11)10(14)13-5-3-4-8(7-13)17(12,15)16/h8-9H,3-7H2,1-2H3,(H2,12,15,16). The number of rotatable bonds is 2. The molecule has 1 amide bonds. The largest absolute Gasteiger partial charge is 0.341 e. The van der Waals surface area contributed by atoms with Crippen LogP contribution in [-0.2, 0) is 14.8 Å². The Morgan fingerprint density at radius 3 is 2.47 bits per heavy atom. The first-order valence-corrected chi connectivity index (χ1v) is 7.63. The predicted molar refractivity (Wildman–Crippen MR) is 64.6 cm³/mol. The van der Waals surface area contributed by atoms with E-state index in [1.54, 1.807) is 4.90 Å². The number of likely N-dealkylation sites (tertiary alicyclic amines) is 1. The number of nitrogens with two attached hydrogens (primary N) is 1. The molecule has 1 saturated heterocycles. The summed E-state index contributed by atoms with van der Waals surface area (Å²) in [6.45, 7) is 5.06. The van der Waals surface area contributed by atoms with Crippen molar-refractivity contribution in [2.75, 3.05) is 13.1 Å². The number of nitrogens with zero attached hydrogens (tertiary/aromatic N) is 1. The zero-order chi connectivity index (χ0) is 12.8. The summed E-state index contributed by atoms with van der Waals surface area (Å²) < 4.78 is 22.6. The van der Waals surface area contributed by atoms with Gasteiger partial charge in [0.15, 0.2) is 0 Å². The summed E-state index contributed by atoms with van der Waals surface area (Å²) >= 11 is 0. The summed E-state index contributed by atoms with van der Waals surface area (Å²) in [5.74, 6) is 0.171. The summed E-state index contributed by atoms with van der Waals surface area (Å²) in [4.78, 5) is 13.8. The van der Waals surface area contributed by atoms with Crippen molar-refractivity contribution in [2.45, 2.75) is 38.4 Å². The van der Waals surface area contributed by atoms with E-state index in [1.807, 2.05) is 0 Å². The first kappa shape index (κ1) is 12.8. The Hall–Kier alpha value is -0.620. The van der Waals surface area contributed by atoms with Gasteiger partial charge in [-0.2, -0.15) is 0 Å². The van der Waals surface area contributed by atoms with Gasteiger partial charge in [0.2, 0.25) is 15.9 Å². The summed E-state index contributed by atoms with van der Waals surface area (Å²) in [6.07, 6.45) is 2.19. The van der Waals surface area contributed by atoms with Crippen LogP contribution in [0.2, 0.25) is 0 Å². The molecule has 1 heterocycles. The van der Waals surface area contributed by atoms with Crippen molar-refractivity contribution in [2.24, 2.45) is 16.5 Å². The fourth-order valence-corrected chi connectivity index (χ4v) is 3.40. The summed E-state index contributed by atoms with van der Waals surface area (Å²) in [6, 6.07) is 0. The molecule has 2 N–H and O–H groups in total. The van der Waals surface area contributed by atoms with Crippen LogP contribution in [-0.4, -0.2) is 37.6 Å². The molecular weight excluding hydrogens is 240 g/mol. The molecule has 0 spiro atoms. The van der Waals surface area contributed by atoms with E-state index < -0.39 is 15.3 Å². The van der Waals surface area contributed by atoms with Gasteiger partial charge in [0.1, 0.15) is 0 Å². The van der Waals surface area contributed by atoms with Crippen molar-refractivity contribution in [1.82, 2.24) is 4.90 Å². The third kappa shape index (κ3) is 2.63. The molecule has 2 aliphatic rings. The first-order chi connectivity index (χ1) is 7.72. The number of hydrogen-bond acceptors (Lipinski definition) is 3. The minimum absolute atomic E-state index is 0.0710. The highest BCUT2D eigenvalue weighted by Gasteiger charge is 2.52. The van der Waals surface area contributed by atoms with Gasteiger partial charge in [-0.25, -0.2) is 13.6 Å². The van der Waals surface area contributed by atoms with Crippen LogP contribution in [0.15, 0.2) is 0 Å². The summed E-state index contributed by atoms with van der Waals surface area (Å²) in [5, 5.41) is 4.57. The monoisotopic (exact) mass is 260 g/mol. The van der Waals surface area contributed by atoms with E-state index >= 15 is 0 Å². The molecule has 17 heavy (non-hydrogen) atoms. The Morgan fingerprint density at radius 1 is 1.41 bits per heavy atom. The number of primary sulfonamides is 1. The average Bonchev–Trinajstić information content (AvgIpc) is 2.86. The van der Waals surface area contributed by atoms with Crippen LogP contribution >= 0.6 is 0 Å². The molecule has 0 bridgehead atoms. The highest BCUT2D eigenvalue weighted by atomic mass is 32.2. The van der Waals surface area contributed by atoms with Crippen LogP contribution < -0.4 is 5.14 Å².